The molecule has 0 unspecified atom stereocenters. The van der Waals surface area contributed by atoms with Crippen molar-refractivity contribution >= 4 is 23.0 Å². The third-order valence-electron chi connectivity index (χ3n) is 2.17. The lowest BCUT2D eigenvalue weighted by Crippen LogP contribution is -2.03. The van der Waals surface area contributed by atoms with Gasteiger partial charge in [0.05, 0.1) is 4.92 Å². The van der Waals surface area contributed by atoms with Gasteiger partial charge in [-0.3, -0.25) is 10.1 Å². The monoisotopic (exact) mass is 250 g/mol. The second kappa shape index (κ2) is 4.34. The fraction of sp³-hybridized carbons (Fsp3) is 0. The van der Waals surface area contributed by atoms with Gasteiger partial charge in [-0.05, 0) is 0 Å². The van der Waals surface area contributed by atoms with Crippen LogP contribution in [0.3, 0.4) is 0 Å². The summed E-state index contributed by atoms with van der Waals surface area (Å²) in [5.74, 6) is 0. The molecule has 86 valence electrons. The quantitative estimate of drug-likeness (QED) is 0.652. The number of halogens is 1. The molecule has 6 nitrogen and oxygen atoms in total. The summed E-state index contributed by atoms with van der Waals surface area (Å²) in [6, 6.07) is 8.83. The van der Waals surface area contributed by atoms with Gasteiger partial charge < -0.3 is 5.73 Å². The summed E-state index contributed by atoms with van der Waals surface area (Å²) in [5.41, 5.74) is 6.09. The summed E-state index contributed by atoms with van der Waals surface area (Å²) < 4.78 is 0. The molecule has 0 bridgehead atoms. The van der Waals surface area contributed by atoms with E-state index in [1.807, 2.05) is 6.07 Å². The molecule has 1 heterocycles. The number of benzene rings is 1. The largest absolute Gasteiger partial charge is 0.391 e. The van der Waals surface area contributed by atoms with E-state index in [0.29, 0.717) is 5.56 Å². The van der Waals surface area contributed by atoms with Gasteiger partial charge in [-0.2, -0.15) is 0 Å². The third-order valence-corrected chi connectivity index (χ3v) is 2.43. The molecule has 7 heteroatoms. The van der Waals surface area contributed by atoms with Crippen molar-refractivity contribution in [1.82, 2.24) is 10.2 Å². The standard InChI is InChI=1S/C10H7ClN4O2/c11-10-9(15(16)17)7(12)8(13-14-10)6-4-2-1-3-5-6/h1-5H,(H2,12,14). The number of anilines is 1. The molecule has 1 aromatic carbocycles. The first-order chi connectivity index (χ1) is 8.11. The molecular weight excluding hydrogens is 244 g/mol. The molecule has 0 saturated carbocycles. The predicted molar refractivity (Wildman–Crippen MR) is 63.5 cm³/mol. The SMILES string of the molecule is Nc1c(-c2ccccc2)nnc(Cl)c1[N+](=O)[O-]. The Bertz CT molecular complexity index is 574. The number of nitrogens with zero attached hydrogens (tertiary/aromatic N) is 3. The van der Waals surface area contributed by atoms with Crippen molar-refractivity contribution < 1.29 is 4.92 Å². The Hall–Kier alpha value is -2.21. The van der Waals surface area contributed by atoms with Crippen molar-refractivity contribution in [3.63, 3.8) is 0 Å². The average molecular weight is 251 g/mol. The molecule has 0 aliphatic carbocycles. The van der Waals surface area contributed by atoms with Crippen molar-refractivity contribution in [3.05, 3.63) is 45.6 Å². The molecule has 0 aliphatic heterocycles. The molecule has 2 aromatic rings. The van der Waals surface area contributed by atoms with Crippen LogP contribution in [0.2, 0.25) is 5.15 Å². The van der Waals surface area contributed by atoms with Gasteiger partial charge in [0.25, 0.3) is 0 Å². The molecule has 0 fully saturated rings. The number of hydrogen-bond acceptors (Lipinski definition) is 5. The Morgan fingerprint density at radius 3 is 2.47 bits per heavy atom. The van der Waals surface area contributed by atoms with Crippen LogP contribution in [0.4, 0.5) is 11.4 Å². The summed E-state index contributed by atoms with van der Waals surface area (Å²) in [6.45, 7) is 0. The van der Waals surface area contributed by atoms with Crippen LogP contribution in [0.5, 0.6) is 0 Å². The molecule has 0 saturated heterocycles. The van der Waals surface area contributed by atoms with Crippen molar-refractivity contribution in [2.45, 2.75) is 0 Å². The van der Waals surface area contributed by atoms with Crippen LogP contribution in [-0.4, -0.2) is 15.1 Å². The van der Waals surface area contributed by atoms with Crippen molar-refractivity contribution in [1.29, 1.82) is 0 Å². The normalized spacial score (nSPS) is 10.2. The van der Waals surface area contributed by atoms with E-state index in [1.54, 1.807) is 24.3 Å². The average Bonchev–Trinajstić information content (AvgIpc) is 2.30. The highest BCUT2D eigenvalue weighted by Crippen LogP contribution is 2.34. The lowest BCUT2D eigenvalue weighted by molar-refractivity contribution is -0.384. The van der Waals surface area contributed by atoms with E-state index in [4.69, 9.17) is 17.3 Å². The van der Waals surface area contributed by atoms with Crippen LogP contribution >= 0.6 is 11.6 Å². The maximum Gasteiger partial charge on any atom is 0.333 e. The van der Waals surface area contributed by atoms with Gasteiger partial charge in [-0.15, -0.1) is 10.2 Å². The molecule has 0 radical (unpaired) electrons. The lowest BCUT2D eigenvalue weighted by atomic mass is 10.1. The number of nitrogens with two attached hydrogens (primary N) is 1. The molecular formula is C10H7ClN4O2. The zero-order valence-corrected chi connectivity index (χ0v) is 9.26. The first-order valence-electron chi connectivity index (χ1n) is 4.62. The van der Waals surface area contributed by atoms with Crippen molar-refractivity contribution in [3.8, 4) is 11.3 Å². The smallest absolute Gasteiger partial charge is 0.333 e. The van der Waals surface area contributed by atoms with Gasteiger partial charge in [-0.25, -0.2) is 0 Å². The van der Waals surface area contributed by atoms with Gasteiger partial charge >= 0.3 is 5.69 Å². The van der Waals surface area contributed by atoms with Crippen molar-refractivity contribution in [2.75, 3.05) is 5.73 Å². The Morgan fingerprint density at radius 1 is 1.24 bits per heavy atom. The van der Waals surface area contributed by atoms with Crippen LogP contribution in [-0.2, 0) is 0 Å². The Labute approximate surface area is 101 Å². The predicted octanol–water partition coefficient (Wildman–Crippen LogP) is 2.29. The molecule has 17 heavy (non-hydrogen) atoms. The minimum absolute atomic E-state index is 0.0822. The van der Waals surface area contributed by atoms with E-state index in [-0.39, 0.29) is 16.5 Å². The van der Waals surface area contributed by atoms with Gasteiger partial charge in [0.15, 0.2) is 0 Å². The first-order valence-corrected chi connectivity index (χ1v) is 5.00. The first kappa shape index (κ1) is 11.3. The molecule has 0 aliphatic rings. The highest BCUT2D eigenvalue weighted by Gasteiger charge is 2.23. The number of rotatable bonds is 2. The van der Waals surface area contributed by atoms with E-state index in [9.17, 15) is 10.1 Å². The maximum atomic E-state index is 10.8. The summed E-state index contributed by atoms with van der Waals surface area (Å²) in [7, 11) is 0. The highest BCUT2D eigenvalue weighted by molar-refractivity contribution is 6.32. The number of nitro groups is 1. The number of aromatic nitrogens is 2. The van der Waals surface area contributed by atoms with Gasteiger partial charge in [0.1, 0.15) is 11.4 Å². The maximum absolute atomic E-state index is 10.8. The highest BCUT2D eigenvalue weighted by atomic mass is 35.5. The third kappa shape index (κ3) is 2.02. The number of hydrogen-bond donors (Lipinski definition) is 1. The summed E-state index contributed by atoms with van der Waals surface area (Å²) >= 11 is 5.59. The fourth-order valence-corrected chi connectivity index (χ4v) is 1.61. The van der Waals surface area contributed by atoms with Crippen LogP contribution in [0, 0.1) is 10.1 Å². The zero-order chi connectivity index (χ0) is 12.4. The van der Waals surface area contributed by atoms with Crippen LogP contribution < -0.4 is 5.73 Å². The van der Waals surface area contributed by atoms with E-state index in [0.717, 1.165) is 0 Å². The van der Waals surface area contributed by atoms with Gasteiger partial charge in [0.2, 0.25) is 5.15 Å². The van der Waals surface area contributed by atoms with Crippen LogP contribution in [0.1, 0.15) is 0 Å². The van der Waals surface area contributed by atoms with E-state index in [2.05, 4.69) is 10.2 Å². The van der Waals surface area contributed by atoms with E-state index in [1.165, 1.54) is 0 Å². The molecule has 2 rings (SSSR count). The van der Waals surface area contributed by atoms with Gasteiger partial charge in [0, 0.05) is 5.56 Å². The lowest BCUT2D eigenvalue weighted by Gasteiger charge is -2.04. The molecule has 1 aromatic heterocycles. The molecule has 0 spiro atoms. The van der Waals surface area contributed by atoms with E-state index >= 15 is 0 Å². The minimum Gasteiger partial charge on any atom is -0.391 e. The Morgan fingerprint density at radius 2 is 1.88 bits per heavy atom. The van der Waals surface area contributed by atoms with Crippen molar-refractivity contribution in [2.24, 2.45) is 0 Å². The zero-order valence-electron chi connectivity index (χ0n) is 8.50. The second-order valence-corrected chi connectivity index (χ2v) is 3.58. The topological polar surface area (TPSA) is 94.9 Å². The van der Waals surface area contributed by atoms with E-state index < -0.39 is 10.6 Å². The molecule has 0 atom stereocenters. The fourth-order valence-electron chi connectivity index (χ4n) is 1.40. The number of nitrogen functional groups attached to an aromatic ring is 1. The van der Waals surface area contributed by atoms with Gasteiger partial charge in [-0.1, -0.05) is 41.9 Å². The summed E-state index contributed by atoms with van der Waals surface area (Å²) in [6.07, 6.45) is 0. The molecule has 2 N–H and O–H groups in total. The summed E-state index contributed by atoms with van der Waals surface area (Å²) in [4.78, 5) is 10.1. The Kier molecular flexibility index (Phi) is 2.88. The second-order valence-electron chi connectivity index (χ2n) is 3.22. The Balaban J connectivity index is 2.66. The molecule has 0 amide bonds. The van der Waals surface area contributed by atoms with Crippen LogP contribution in [0.15, 0.2) is 30.3 Å². The summed E-state index contributed by atoms with van der Waals surface area (Å²) in [5, 5.41) is 17.8. The van der Waals surface area contributed by atoms with Crippen LogP contribution in [0.25, 0.3) is 11.3 Å². The minimum atomic E-state index is -0.668.